The highest BCUT2D eigenvalue weighted by atomic mass is 16.3. The lowest BCUT2D eigenvalue weighted by molar-refractivity contribution is 0.102. The number of pyridine rings is 1. The third-order valence-corrected chi connectivity index (χ3v) is 5.55. The van der Waals surface area contributed by atoms with Crippen LogP contribution in [0.3, 0.4) is 0 Å². The number of anilines is 2. The van der Waals surface area contributed by atoms with Gasteiger partial charge in [-0.25, -0.2) is 0 Å². The SMILES string of the molecule is Cc1ccc(C(C)CCN(C)c2ccccc2C(=O)Nc2cnc3ccccc3c2)o1. The Labute approximate surface area is 182 Å². The molecule has 0 saturated heterocycles. The van der Waals surface area contributed by atoms with Crippen molar-refractivity contribution < 1.29 is 9.21 Å². The number of fused-ring (bicyclic) bond motifs is 1. The van der Waals surface area contributed by atoms with Crippen LogP contribution in [0.2, 0.25) is 0 Å². The summed E-state index contributed by atoms with van der Waals surface area (Å²) >= 11 is 0. The molecule has 158 valence electrons. The zero-order valence-corrected chi connectivity index (χ0v) is 18.1. The summed E-state index contributed by atoms with van der Waals surface area (Å²) in [6, 6.07) is 21.5. The summed E-state index contributed by atoms with van der Waals surface area (Å²) < 4.78 is 5.75. The average Bonchev–Trinajstić information content (AvgIpc) is 3.23. The van der Waals surface area contributed by atoms with Gasteiger partial charge in [-0.1, -0.05) is 37.3 Å². The van der Waals surface area contributed by atoms with Crippen LogP contribution in [-0.4, -0.2) is 24.5 Å². The van der Waals surface area contributed by atoms with Crippen LogP contribution in [0.1, 0.15) is 41.1 Å². The Kier molecular flexibility index (Phi) is 6.03. The Morgan fingerprint density at radius 2 is 1.87 bits per heavy atom. The summed E-state index contributed by atoms with van der Waals surface area (Å²) in [7, 11) is 2.02. The molecule has 1 unspecified atom stereocenters. The Morgan fingerprint density at radius 3 is 2.68 bits per heavy atom. The zero-order valence-electron chi connectivity index (χ0n) is 18.1. The maximum Gasteiger partial charge on any atom is 0.257 e. The van der Waals surface area contributed by atoms with E-state index in [9.17, 15) is 4.79 Å². The van der Waals surface area contributed by atoms with E-state index in [-0.39, 0.29) is 5.91 Å². The molecule has 2 aromatic heterocycles. The Bertz CT molecular complexity index is 1200. The number of amides is 1. The number of carbonyl (C=O) groups is 1. The van der Waals surface area contributed by atoms with E-state index in [1.807, 2.05) is 80.7 Å². The molecule has 2 heterocycles. The van der Waals surface area contributed by atoms with Gasteiger partial charge < -0.3 is 14.6 Å². The number of aryl methyl sites for hydroxylation is 1. The number of rotatable bonds is 7. The van der Waals surface area contributed by atoms with Crippen LogP contribution in [0.15, 0.2) is 77.3 Å². The van der Waals surface area contributed by atoms with Crippen molar-refractivity contribution in [2.75, 3.05) is 23.8 Å². The van der Waals surface area contributed by atoms with Crippen molar-refractivity contribution in [2.24, 2.45) is 0 Å². The quantitative estimate of drug-likeness (QED) is 0.403. The van der Waals surface area contributed by atoms with Gasteiger partial charge in [0.15, 0.2) is 0 Å². The molecule has 0 radical (unpaired) electrons. The average molecular weight is 414 g/mol. The smallest absolute Gasteiger partial charge is 0.257 e. The molecule has 1 atom stereocenters. The fourth-order valence-electron chi connectivity index (χ4n) is 3.70. The van der Waals surface area contributed by atoms with Gasteiger partial charge in [0.05, 0.1) is 23.0 Å². The van der Waals surface area contributed by atoms with Crippen molar-refractivity contribution in [3.8, 4) is 0 Å². The summed E-state index contributed by atoms with van der Waals surface area (Å²) in [6.45, 7) is 4.93. The Morgan fingerprint density at radius 1 is 1.10 bits per heavy atom. The third-order valence-electron chi connectivity index (χ3n) is 5.55. The standard InChI is InChI=1S/C26H27N3O2/c1-18(25-13-12-19(2)31-25)14-15-29(3)24-11-7-5-9-22(24)26(30)28-21-16-20-8-4-6-10-23(20)27-17-21/h4-13,16-18H,14-15H2,1-3H3,(H,28,30). The molecule has 4 aromatic rings. The minimum atomic E-state index is -0.144. The highest BCUT2D eigenvalue weighted by Crippen LogP contribution is 2.25. The number of nitrogens with one attached hydrogen (secondary N) is 1. The number of para-hydroxylation sites is 2. The molecule has 1 N–H and O–H groups in total. The number of aromatic nitrogens is 1. The van der Waals surface area contributed by atoms with Crippen molar-refractivity contribution >= 4 is 28.2 Å². The molecular formula is C26H27N3O2. The van der Waals surface area contributed by atoms with Gasteiger partial charge in [0, 0.05) is 30.6 Å². The van der Waals surface area contributed by atoms with Gasteiger partial charge in [-0.2, -0.15) is 0 Å². The molecule has 4 rings (SSSR count). The van der Waals surface area contributed by atoms with Crippen molar-refractivity contribution in [2.45, 2.75) is 26.2 Å². The maximum atomic E-state index is 13.1. The molecule has 0 bridgehead atoms. The largest absolute Gasteiger partial charge is 0.466 e. The summed E-state index contributed by atoms with van der Waals surface area (Å²) in [5.74, 6) is 2.09. The summed E-state index contributed by atoms with van der Waals surface area (Å²) in [4.78, 5) is 19.6. The first-order chi connectivity index (χ1) is 15.0. The highest BCUT2D eigenvalue weighted by Gasteiger charge is 2.16. The second kappa shape index (κ2) is 9.04. The normalized spacial score (nSPS) is 12.0. The number of furan rings is 1. The molecule has 0 aliphatic rings. The summed E-state index contributed by atoms with van der Waals surface area (Å²) in [5.41, 5.74) is 3.13. The van der Waals surface area contributed by atoms with Crippen molar-refractivity contribution in [1.29, 1.82) is 0 Å². The zero-order chi connectivity index (χ0) is 21.8. The van der Waals surface area contributed by atoms with Crippen LogP contribution in [0.4, 0.5) is 11.4 Å². The van der Waals surface area contributed by atoms with Gasteiger partial charge in [0.25, 0.3) is 5.91 Å². The first-order valence-corrected chi connectivity index (χ1v) is 10.5. The van der Waals surface area contributed by atoms with Gasteiger partial charge in [0.2, 0.25) is 0 Å². The molecule has 2 aromatic carbocycles. The molecule has 0 aliphatic carbocycles. The van der Waals surface area contributed by atoms with E-state index in [1.54, 1.807) is 6.20 Å². The molecule has 5 heteroatoms. The lowest BCUT2D eigenvalue weighted by Gasteiger charge is -2.23. The minimum absolute atomic E-state index is 0.144. The topological polar surface area (TPSA) is 58.4 Å². The summed E-state index contributed by atoms with van der Waals surface area (Å²) in [6.07, 6.45) is 2.62. The van der Waals surface area contributed by atoms with Crippen LogP contribution in [0, 0.1) is 6.92 Å². The van der Waals surface area contributed by atoms with Crippen LogP contribution in [0.5, 0.6) is 0 Å². The maximum absolute atomic E-state index is 13.1. The molecule has 1 amide bonds. The van der Waals surface area contributed by atoms with Gasteiger partial charge >= 0.3 is 0 Å². The summed E-state index contributed by atoms with van der Waals surface area (Å²) in [5, 5.41) is 3.99. The number of nitrogens with zero attached hydrogens (tertiary/aromatic N) is 2. The van der Waals surface area contributed by atoms with Crippen LogP contribution >= 0.6 is 0 Å². The van der Waals surface area contributed by atoms with Crippen LogP contribution in [-0.2, 0) is 0 Å². The van der Waals surface area contributed by atoms with E-state index in [0.717, 1.165) is 41.1 Å². The van der Waals surface area contributed by atoms with Gasteiger partial charge in [-0.3, -0.25) is 9.78 Å². The lowest BCUT2D eigenvalue weighted by Crippen LogP contribution is -2.24. The fraction of sp³-hybridized carbons (Fsp3) is 0.231. The second-order valence-corrected chi connectivity index (χ2v) is 7.95. The van der Waals surface area contributed by atoms with Gasteiger partial charge in [-0.05, 0) is 49.7 Å². The van der Waals surface area contributed by atoms with Crippen molar-refractivity contribution in [1.82, 2.24) is 4.98 Å². The van der Waals surface area contributed by atoms with Gasteiger partial charge in [-0.15, -0.1) is 0 Å². The van der Waals surface area contributed by atoms with Crippen LogP contribution in [0.25, 0.3) is 10.9 Å². The van der Waals surface area contributed by atoms with Gasteiger partial charge in [0.1, 0.15) is 11.5 Å². The fourth-order valence-corrected chi connectivity index (χ4v) is 3.70. The Hall–Kier alpha value is -3.60. The third kappa shape index (κ3) is 4.77. The van der Waals surface area contributed by atoms with E-state index in [4.69, 9.17) is 4.42 Å². The van der Waals surface area contributed by atoms with Crippen molar-refractivity contribution in [3.05, 3.63) is 90.0 Å². The predicted molar refractivity (Wildman–Crippen MR) is 126 cm³/mol. The molecule has 0 saturated carbocycles. The molecular weight excluding hydrogens is 386 g/mol. The monoisotopic (exact) mass is 413 g/mol. The van der Waals surface area contributed by atoms with Crippen molar-refractivity contribution in [3.63, 3.8) is 0 Å². The van der Waals surface area contributed by atoms with E-state index < -0.39 is 0 Å². The van der Waals surface area contributed by atoms with E-state index >= 15 is 0 Å². The Balaban J connectivity index is 1.46. The number of benzene rings is 2. The molecule has 5 nitrogen and oxygen atoms in total. The molecule has 31 heavy (non-hydrogen) atoms. The molecule has 0 spiro atoms. The number of hydrogen-bond donors (Lipinski definition) is 1. The lowest BCUT2D eigenvalue weighted by atomic mass is 10.0. The van der Waals surface area contributed by atoms with E-state index in [1.165, 1.54) is 0 Å². The second-order valence-electron chi connectivity index (χ2n) is 7.95. The first kappa shape index (κ1) is 20.7. The number of carbonyl (C=O) groups excluding carboxylic acids is 1. The van der Waals surface area contributed by atoms with Crippen LogP contribution < -0.4 is 10.2 Å². The molecule has 0 aliphatic heterocycles. The molecule has 0 fully saturated rings. The minimum Gasteiger partial charge on any atom is -0.466 e. The van der Waals surface area contributed by atoms with E-state index in [0.29, 0.717) is 17.2 Å². The van der Waals surface area contributed by atoms with E-state index in [2.05, 4.69) is 22.1 Å². The first-order valence-electron chi connectivity index (χ1n) is 10.5. The highest BCUT2D eigenvalue weighted by molar-refractivity contribution is 6.08. The predicted octanol–water partition coefficient (Wildman–Crippen LogP) is 6.02. The number of hydrogen-bond acceptors (Lipinski definition) is 4.